The zero-order chi connectivity index (χ0) is 22.8. The van der Waals surface area contributed by atoms with Crippen LogP contribution in [0.25, 0.3) is 0 Å². The topological polar surface area (TPSA) is 32.8 Å². The van der Waals surface area contributed by atoms with E-state index in [4.69, 9.17) is 16.3 Å². The van der Waals surface area contributed by atoms with Crippen LogP contribution in [0.2, 0.25) is 5.02 Å². The smallest absolute Gasteiger partial charge is 0.337 e. The quantitative estimate of drug-likeness (QED) is 0.380. The van der Waals surface area contributed by atoms with Crippen molar-refractivity contribution < 1.29 is 9.53 Å². The number of halogens is 1. The summed E-state index contributed by atoms with van der Waals surface area (Å²) in [5.41, 5.74) is 5.17. The Morgan fingerprint density at radius 3 is 2.42 bits per heavy atom. The fourth-order valence-electron chi connectivity index (χ4n) is 3.62. The third kappa shape index (κ3) is 5.65. The molecule has 31 heavy (non-hydrogen) atoms. The highest BCUT2D eigenvalue weighted by molar-refractivity contribution is 7.94. The lowest BCUT2D eigenvalue weighted by atomic mass is 9.87. The van der Waals surface area contributed by atoms with Crippen LogP contribution in [0.3, 0.4) is 0 Å². The largest absolute Gasteiger partial charge is 0.463 e. The van der Waals surface area contributed by atoms with Crippen LogP contribution in [0.1, 0.15) is 56.0 Å². The van der Waals surface area contributed by atoms with E-state index in [-0.39, 0.29) is 17.4 Å². The molecule has 1 aliphatic heterocycles. The summed E-state index contributed by atoms with van der Waals surface area (Å²) in [6, 6.07) is 14.3. The van der Waals surface area contributed by atoms with E-state index in [2.05, 4.69) is 53.6 Å². The third-order valence-electron chi connectivity index (χ3n) is 5.29. The number of ether oxygens (including phenoxy) is 1. The average molecular weight is 459 g/mol. The van der Waals surface area contributed by atoms with Crippen molar-refractivity contribution in [3.05, 3.63) is 81.5 Å². The first kappa shape index (κ1) is 23.7. The van der Waals surface area contributed by atoms with Gasteiger partial charge in [-0.2, -0.15) is 0 Å². The normalized spacial score (nSPS) is 17.5. The number of likely N-dealkylation sites (N-methyl/N-ethyl adjacent to an activating group) is 1. The van der Waals surface area contributed by atoms with E-state index in [0.717, 1.165) is 11.1 Å². The van der Waals surface area contributed by atoms with E-state index in [1.807, 2.05) is 45.3 Å². The molecule has 0 N–H and O–H groups in total. The van der Waals surface area contributed by atoms with Gasteiger partial charge < -0.3 is 9.04 Å². The molecule has 1 atom stereocenters. The minimum Gasteiger partial charge on any atom is -0.463 e. The van der Waals surface area contributed by atoms with E-state index in [1.54, 1.807) is 12.1 Å². The van der Waals surface area contributed by atoms with Gasteiger partial charge >= 0.3 is 5.97 Å². The molecule has 0 aromatic heterocycles. The Kier molecular flexibility index (Phi) is 7.40. The fourth-order valence-corrected chi connectivity index (χ4v) is 4.98. The zero-order valence-electron chi connectivity index (χ0n) is 19.1. The van der Waals surface area contributed by atoms with Crippen LogP contribution in [-0.2, 0) is 21.5 Å². The van der Waals surface area contributed by atoms with Crippen molar-refractivity contribution in [1.29, 1.82) is 0 Å². The van der Waals surface area contributed by atoms with E-state index in [1.165, 1.54) is 11.1 Å². The second-order valence-corrected chi connectivity index (χ2v) is 10.5. The van der Waals surface area contributed by atoms with Gasteiger partial charge in [-0.25, -0.2) is 9.10 Å². The molecule has 0 bridgehead atoms. The zero-order valence-corrected chi connectivity index (χ0v) is 20.7. The SMILES string of the molecule is CCOC(=O)C1=CN(Cc2ccc(C(C)(C)C)cc2)SN(C)C1c1ccc(C)cc1Cl. The maximum atomic E-state index is 12.9. The molecule has 1 heterocycles. The number of esters is 1. The van der Waals surface area contributed by atoms with Gasteiger partial charge in [0.05, 0.1) is 24.8 Å². The maximum absolute atomic E-state index is 12.9. The Balaban J connectivity index is 1.91. The summed E-state index contributed by atoms with van der Waals surface area (Å²) >= 11 is 8.13. The first-order valence-electron chi connectivity index (χ1n) is 10.5. The van der Waals surface area contributed by atoms with E-state index in [0.29, 0.717) is 23.7 Å². The second-order valence-electron chi connectivity index (χ2n) is 8.88. The maximum Gasteiger partial charge on any atom is 0.337 e. The van der Waals surface area contributed by atoms with E-state index < -0.39 is 0 Å². The van der Waals surface area contributed by atoms with E-state index in [9.17, 15) is 4.79 Å². The van der Waals surface area contributed by atoms with Crippen molar-refractivity contribution >= 4 is 29.7 Å². The van der Waals surface area contributed by atoms with Gasteiger partial charge in [-0.1, -0.05) is 68.8 Å². The van der Waals surface area contributed by atoms with E-state index >= 15 is 0 Å². The summed E-state index contributed by atoms with van der Waals surface area (Å²) in [7, 11) is 1.98. The Morgan fingerprint density at radius 2 is 1.84 bits per heavy atom. The summed E-state index contributed by atoms with van der Waals surface area (Å²) in [6.45, 7) is 11.5. The predicted octanol–water partition coefficient (Wildman–Crippen LogP) is 6.44. The summed E-state index contributed by atoms with van der Waals surface area (Å²) in [4.78, 5) is 12.9. The molecule has 166 valence electrons. The van der Waals surface area contributed by atoms with Gasteiger partial charge in [0.25, 0.3) is 0 Å². The van der Waals surface area contributed by atoms with Crippen molar-refractivity contribution in [3.8, 4) is 0 Å². The van der Waals surface area contributed by atoms with Crippen molar-refractivity contribution in [2.24, 2.45) is 0 Å². The molecule has 0 aliphatic carbocycles. The van der Waals surface area contributed by atoms with Crippen molar-refractivity contribution in [2.45, 2.75) is 52.6 Å². The molecule has 2 aromatic rings. The number of benzene rings is 2. The Hall–Kier alpha value is -1.95. The number of carbonyl (C=O) groups excluding carboxylic acids is 1. The van der Waals surface area contributed by atoms with Crippen LogP contribution in [0, 0.1) is 6.92 Å². The first-order valence-corrected chi connectivity index (χ1v) is 11.6. The molecule has 2 aromatic carbocycles. The van der Waals surface area contributed by atoms with Gasteiger partial charge in [0, 0.05) is 30.4 Å². The van der Waals surface area contributed by atoms with Gasteiger partial charge in [0.2, 0.25) is 0 Å². The molecule has 0 saturated heterocycles. The summed E-state index contributed by atoms with van der Waals surface area (Å²) < 4.78 is 9.51. The molecule has 0 amide bonds. The Bertz CT molecular complexity index is 966. The second kappa shape index (κ2) is 9.68. The van der Waals surface area contributed by atoms with Crippen LogP contribution in [-0.4, -0.2) is 28.2 Å². The molecule has 0 fully saturated rings. The number of rotatable bonds is 5. The minimum atomic E-state index is -0.315. The molecule has 4 nitrogen and oxygen atoms in total. The minimum absolute atomic E-state index is 0.121. The monoisotopic (exact) mass is 458 g/mol. The summed E-state index contributed by atoms with van der Waals surface area (Å²) in [6.07, 6.45) is 1.90. The lowest BCUT2D eigenvalue weighted by Gasteiger charge is -2.37. The summed E-state index contributed by atoms with van der Waals surface area (Å²) in [5, 5.41) is 0.652. The van der Waals surface area contributed by atoms with Gasteiger partial charge in [0.1, 0.15) is 0 Å². The van der Waals surface area contributed by atoms with Gasteiger partial charge in [-0.05, 0) is 47.6 Å². The van der Waals surface area contributed by atoms with Crippen molar-refractivity contribution in [2.75, 3.05) is 13.7 Å². The van der Waals surface area contributed by atoms with Crippen LogP contribution in [0.5, 0.6) is 0 Å². The Morgan fingerprint density at radius 1 is 1.16 bits per heavy atom. The lowest BCUT2D eigenvalue weighted by molar-refractivity contribution is -0.139. The van der Waals surface area contributed by atoms with Gasteiger partial charge in [-0.3, -0.25) is 0 Å². The van der Waals surface area contributed by atoms with Crippen LogP contribution < -0.4 is 0 Å². The number of hydrogen-bond donors (Lipinski definition) is 0. The standard InChI is InChI=1S/C25H31ClN2O2S/c1-7-30-24(29)21-16-28(15-18-9-11-19(12-10-18)25(3,4)5)31-27(6)23(21)20-13-8-17(2)14-22(20)26/h8-14,16,23H,7,15H2,1-6H3. The van der Waals surface area contributed by atoms with Crippen molar-refractivity contribution in [3.63, 3.8) is 0 Å². The number of hydrogen-bond acceptors (Lipinski definition) is 5. The highest BCUT2D eigenvalue weighted by Crippen LogP contribution is 2.42. The molecule has 3 rings (SSSR count). The fraction of sp³-hybridized carbons (Fsp3) is 0.400. The number of carbonyl (C=O) groups is 1. The molecule has 1 aliphatic rings. The number of nitrogens with zero attached hydrogens (tertiary/aromatic N) is 2. The molecule has 0 saturated carbocycles. The van der Waals surface area contributed by atoms with Crippen LogP contribution >= 0.6 is 23.7 Å². The highest BCUT2D eigenvalue weighted by Gasteiger charge is 2.35. The molecular formula is C25H31ClN2O2S. The number of aryl methyl sites for hydroxylation is 1. The van der Waals surface area contributed by atoms with Crippen molar-refractivity contribution in [1.82, 2.24) is 8.61 Å². The highest BCUT2D eigenvalue weighted by atomic mass is 35.5. The molecule has 0 spiro atoms. The molecule has 0 radical (unpaired) electrons. The average Bonchev–Trinajstić information content (AvgIpc) is 2.68. The van der Waals surface area contributed by atoms with Crippen LogP contribution in [0.15, 0.2) is 54.2 Å². The Labute approximate surface area is 195 Å². The molecule has 6 heteroatoms. The lowest BCUT2D eigenvalue weighted by Crippen LogP contribution is -2.33. The van der Waals surface area contributed by atoms with Gasteiger partial charge in [0.15, 0.2) is 0 Å². The molecular weight excluding hydrogens is 428 g/mol. The van der Waals surface area contributed by atoms with Gasteiger partial charge in [-0.15, -0.1) is 0 Å². The predicted molar refractivity (Wildman–Crippen MR) is 130 cm³/mol. The molecule has 1 unspecified atom stereocenters. The third-order valence-corrected chi connectivity index (χ3v) is 6.53. The summed E-state index contributed by atoms with van der Waals surface area (Å²) in [5.74, 6) is -0.315. The first-order chi connectivity index (χ1) is 14.6. The van der Waals surface area contributed by atoms with Crippen LogP contribution in [0.4, 0.5) is 0 Å².